The molecule has 0 unspecified atom stereocenters. The van der Waals surface area contributed by atoms with Crippen LogP contribution < -0.4 is 5.73 Å². The second kappa shape index (κ2) is 6.90. The van der Waals surface area contributed by atoms with E-state index in [1.165, 1.54) is 18.4 Å². The van der Waals surface area contributed by atoms with Crippen molar-refractivity contribution in [3.8, 4) is 0 Å². The van der Waals surface area contributed by atoms with Gasteiger partial charge >= 0.3 is 0 Å². The van der Waals surface area contributed by atoms with E-state index >= 15 is 0 Å². The maximum absolute atomic E-state index is 5.54. The van der Waals surface area contributed by atoms with Crippen molar-refractivity contribution in [3.05, 3.63) is 11.8 Å². The van der Waals surface area contributed by atoms with Gasteiger partial charge in [0, 0.05) is 25.7 Å². The molecule has 1 aliphatic rings. The lowest BCUT2D eigenvalue weighted by molar-refractivity contribution is 0.192. The number of hydrogen-bond acceptors (Lipinski definition) is 4. The number of nitrogens with zero attached hydrogens (tertiary/aromatic N) is 1. The Bertz CT molecular complexity index is 226. The fourth-order valence-corrected chi connectivity index (χ4v) is 1.99. The standard InChI is InChI=1S/C10H18N2OS/c1-13-6-4-2-3-5-9-7-12-10(11)14-8-9/h7H,2-6,8H2,1H3,(H2,11,12). The van der Waals surface area contributed by atoms with Crippen LogP contribution in [-0.2, 0) is 4.74 Å². The molecule has 1 heterocycles. The SMILES string of the molecule is COCCCCCC1=CN=C(N)SC1. The zero-order chi connectivity index (χ0) is 10.2. The van der Waals surface area contributed by atoms with Crippen molar-refractivity contribution in [2.75, 3.05) is 19.5 Å². The summed E-state index contributed by atoms with van der Waals surface area (Å²) >= 11 is 1.63. The lowest BCUT2D eigenvalue weighted by Crippen LogP contribution is -2.10. The number of rotatable bonds is 6. The van der Waals surface area contributed by atoms with E-state index < -0.39 is 0 Å². The molecule has 4 heteroatoms. The molecule has 0 saturated carbocycles. The van der Waals surface area contributed by atoms with Crippen LogP contribution in [0.25, 0.3) is 0 Å². The van der Waals surface area contributed by atoms with Crippen LogP contribution in [0.5, 0.6) is 0 Å². The summed E-state index contributed by atoms with van der Waals surface area (Å²) in [5.74, 6) is 1.01. The number of methoxy groups -OCH3 is 1. The first-order valence-electron chi connectivity index (χ1n) is 4.96. The van der Waals surface area contributed by atoms with Crippen molar-refractivity contribution >= 4 is 16.9 Å². The Balaban J connectivity index is 2.07. The lowest BCUT2D eigenvalue weighted by atomic mass is 10.1. The quantitative estimate of drug-likeness (QED) is 0.689. The van der Waals surface area contributed by atoms with E-state index in [0.717, 1.165) is 25.2 Å². The van der Waals surface area contributed by atoms with Gasteiger partial charge in [0.05, 0.1) is 0 Å². The number of ether oxygens (including phenoxy) is 1. The summed E-state index contributed by atoms with van der Waals surface area (Å²) in [4.78, 5) is 4.10. The Labute approximate surface area is 89.8 Å². The van der Waals surface area contributed by atoms with Crippen LogP contribution in [0.15, 0.2) is 16.8 Å². The Hall–Kier alpha value is -0.480. The number of aliphatic imine (C=N–C) groups is 1. The molecule has 0 radical (unpaired) electrons. The fourth-order valence-electron chi connectivity index (χ4n) is 1.31. The molecular weight excluding hydrogens is 196 g/mol. The second-order valence-electron chi connectivity index (χ2n) is 3.35. The van der Waals surface area contributed by atoms with Gasteiger partial charge in [-0.1, -0.05) is 18.2 Å². The highest BCUT2D eigenvalue weighted by atomic mass is 32.2. The summed E-state index contributed by atoms with van der Waals surface area (Å²) in [5.41, 5.74) is 6.95. The Morgan fingerprint density at radius 1 is 1.50 bits per heavy atom. The number of thioether (sulfide) groups is 1. The van der Waals surface area contributed by atoms with E-state index in [1.54, 1.807) is 18.9 Å². The predicted octanol–water partition coefficient (Wildman–Crippen LogP) is 2.14. The first-order valence-corrected chi connectivity index (χ1v) is 5.94. The summed E-state index contributed by atoms with van der Waals surface area (Å²) in [6.07, 6.45) is 6.68. The van der Waals surface area contributed by atoms with Gasteiger partial charge in [-0.25, -0.2) is 4.99 Å². The highest BCUT2D eigenvalue weighted by molar-refractivity contribution is 8.14. The molecule has 0 atom stereocenters. The largest absolute Gasteiger partial charge is 0.385 e. The van der Waals surface area contributed by atoms with Gasteiger partial charge in [-0.15, -0.1) is 0 Å². The van der Waals surface area contributed by atoms with Gasteiger partial charge in [-0.2, -0.15) is 0 Å². The first-order chi connectivity index (χ1) is 6.83. The molecule has 2 N–H and O–H groups in total. The Kier molecular flexibility index (Phi) is 5.71. The normalized spacial score (nSPS) is 16.4. The second-order valence-corrected chi connectivity index (χ2v) is 4.34. The van der Waals surface area contributed by atoms with Crippen molar-refractivity contribution < 1.29 is 4.74 Å². The minimum Gasteiger partial charge on any atom is -0.385 e. The van der Waals surface area contributed by atoms with Crippen molar-refractivity contribution in [3.63, 3.8) is 0 Å². The predicted molar refractivity (Wildman–Crippen MR) is 62.5 cm³/mol. The summed E-state index contributed by atoms with van der Waals surface area (Å²) in [6, 6.07) is 0. The molecule has 14 heavy (non-hydrogen) atoms. The van der Waals surface area contributed by atoms with Gasteiger partial charge < -0.3 is 10.5 Å². The average Bonchev–Trinajstić information content (AvgIpc) is 2.21. The smallest absolute Gasteiger partial charge is 0.158 e. The number of nitrogens with two attached hydrogens (primary N) is 1. The zero-order valence-corrected chi connectivity index (χ0v) is 9.48. The average molecular weight is 214 g/mol. The third-order valence-electron chi connectivity index (χ3n) is 2.13. The molecular formula is C10H18N2OS. The van der Waals surface area contributed by atoms with Crippen LogP contribution in [0.3, 0.4) is 0 Å². The maximum atomic E-state index is 5.54. The van der Waals surface area contributed by atoms with E-state index in [9.17, 15) is 0 Å². The molecule has 0 aromatic heterocycles. The van der Waals surface area contributed by atoms with E-state index in [1.807, 2.05) is 6.20 Å². The van der Waals surface area contributed by atoms with Crippen LogP contribution in [0, 0.1) is 0 Å². The molecule has 0 amide bonds. The minimum absolute atomic E-state index is 0.688. The molecule has 0 aromatic carbocycles. The van der Waals surface area contributed by atoms with Crippen LogP contribution >= 0.6 is 11.8 Å². The molecule has 0 aliphatic carbocycles. The van der Waals surface area contributed by atoms with Gasteiger partial charge in [-0.05, 0) is 24.8 Å². The Morgan fingerprint density at radius 3 is 3.00 bits per heavy atom. The summed E-state index contributed by atoms with van der Waals surface area (Å²) < 4.78 is 4.99. The monoisotopic (exact) mass is 214 g/mol. The minimum atomic E-state index is 0.688. The van der Waals surface area contributed by atoms with Crippen LogP contribution in [0.2, 0.25) is 0 Å². The number of amidine groups is 1. The molecule has 1 rings (SSSR count). The van der Waals surface area contributed by atoms with E-state index in [0.29, 0.717) is 5.17 Å². The lowest BCUT2D eigenvalue weighted by Gasteiger charge is -2.09. The van der Waals surface area contributed by atoms with E-state index in [2.05, 4.69) is 4.99 Å². The van der Waals surface area contributed by atoms with Crippen molar-refractivity contribution in [2.24, 2.45) is 10.7 Å². The third kappa shape index (κ3) is 4.67. The number of hydrogen-bond donors (Lipinski definition) is 1. The topological polar surface area (TPSA) is 47.6 Å². The van der Waals surface area contributed by atoms with Crippen LogP contribution in [0.4, 0.5) is 0 Å². The van der Waals surface area contributed by atoms with Crippen LogP contribution in [-0.4, -0.2) is 24.6 Å². The molecule has 1 aliphatic heterocycles. The maximum Gasteiger partial charge on any atom is 0.158 e. The van der Waals surface area contributed by atoms with Crippen molar-refractivity contribution in [1.29, 1.82) is 0 Å². The summed E-state index contributed by atoms with van der Waals surface area (Å²) in [7, 11) is 1.75. The Morgan fingerprint density at radius 2 is 2.36 bits per heavy atom. The molecule has 80 valence electrons. The van der Waals surface area contributed by atoms with Crippen molar-refractivity contribution in [2.45, 2.75) is 25.7 Å². The third-order valence-corrected chi connectivity index (χ3v) is 3.04. The first kappa shape index (κ1) is 11.6. The van der Waals surface area contributed by atoms with Gasteiger partial charge in [0.1, 0.15) is 0 Å². The van der Waals surface area contributed by atoms with E-state index in [-0.39, 0.29) is 0 Å². The fraction of sp³-hybridized carbons (Fsp3) is 0.700. The van der Waals surface area contributed by atoms with Gasteiger partial charge in [0.2, 0.25) is 0 Å². The van der Waals surface area contributed by atoms with Gasteiger partial charge in [0.25, 0.3) is 0 Å². The summed E-state index contributed by atoms with van der Waals surface area (Å²) in [5, 5.41) is 0.688. The van der Waals surface area contributed by atoms with Gasteiger partial charge in [0.15, 0.2) is 5.17 Å². The molecule has 0 aromatic rings. The number of unbranched alkanes of at least 4 members (excludes halogenated alkanes) is 2. The molecule has 0 saturated heterocycles. The molecule has 3 nitrogen and oxygen atoms in total. The highest BCUT2D eigenvalue weighted by Gasteiger charge is 2.04. The molecule has 0 spiro atoms. The molecule has 0 bridgehead atoms. The van der Waals surface area contributed by atoms with E-state index in [4.69, 9.17) is 10.5 Å². The highest BCUT2D eigenvalue weighted by Crippen LogP contribution is 2.19. The summed E-state index contributed by atoms with van der Waals surface area (Å²) in [6.45, 7) is 0.874. The van der Waals surface area contributed by atoms with Crippen molar-refractivity contribution in [1.82, 2.24) is 0 Å². The van der Waals surface area contributed by atoms with Gasteiger partial charge in [-0.3, -0.25) is 0 Å². The molecule has 0 fully saturated rings. The van der Waals surface area contributed by atoms with Crippen LogP contribution in [0.1, 0.15) is 25.7 Å². The zero-order valence-electron chi connectivity index (χ0n) is 8.66.